The third-order valence-corrected chi connectivity index (χ3v) is 2.79. The van der Waals surface area contributed by atoms with E-state index in [4.69, 9.17) is 11.6 Å². The topological polar surface area (TPSA) is 0 Å². The zero-order valence-electron chi connectivity index (χ0n) is 8.53. The second kappa shape index (κ2) is 4.44. The summed E-state index contributed by atoms with van der Waals surface area (Å²) in [6.07, 6.45) is -3.49. The van der Waals surface area contributed by atoms with Gasteiger partial charge in [0.25, 0.3) is 0 Å². The van der Waals surface area contributed by atoms with Gasteiger partial charge in [-0.15, -0.1) is 0 Å². The molecule has 1 aromatic rings. The Labute approximate surface area is 92.1 Å². The lowest BCUT2D eigenvalue weighted by molar-refractivity contribution is -0.137. The van der Waals surface area contributed by atoms with Crippen LogP contribution in [0.2, 0.25) is 5.02 Å². The minimum absolute atomic E-state index is 0.222. The lowest BCUT2D eigenvalue weighted by Gasteiger charge is -2.13. The highest BCUT2D eigenvalue weighted by molar-refractivity contribution is 6.31. The minimum Gasteiger partial charge on any atom is -0.166 e. The first-order chi connectivity index (χ1) is 6.86. The maximum Gasteiger partial charge on any atom is 0.417 e. The normalized spacial score (nSPS) is 14.0. The molecule has 84 valence electrons. The van der Waals surface area contributed by atoms with E-state index in [1.165, 1.54) is 12.1 Å². The molecule has 1 rings (SSSR count). The van der Waals surface area contributed by atoms with Crippen LogP contribution >= 0.6 is 11.6 Å². The molecular formula is C11H12ClF3. The van der Waals surface area contributed by atoms with Gasteiger partial charge < -0.3 is 0 Å². The van der Waals surface area contributed by atoms with Gasteiger partial charge in [-0.05, 0) is 30.0 Å². The van der Waals surface area contributed by atoms with Gasteiger partial charge in [-0.2, -0.15) is 13.2 Å². The Morgan fingerprint density at radius 1 is 1.33 bits per heavy atom. The van der Waals surface area contributed by atoms with Crippen LogP contribution < -0.4 is 0 Å². The zero-order chi connectivity index (χ0) is 11.6. The van der Waals surface area contributed by atoms with E-state index in [0.717, 1.165) is 18.1 Å². The van der Waals surface area contributed by atoms with Crippen LogP contribution in [-0.4, -0.2) is 0 Å². The highest BCUT2D eigenvalue weighted by atomic mass is 35.5. The fourth-order valence-electron chi connectivity index (χ4n) is 1.30. The summed E-state index contributed by atoms with van der Waals surface area (Å²) in [5.74, 6) is 0.227. The fraction of sp³-hybridized carbons (Fsp3) is 0.455. The molecule has 0 nitrogen and oxygen atoms in total. The van der Waals surface area contributed by atoms with Gasteiger partial charge in [-0.1, -0.05) is 31.5 Å². The van der Waals surface area contributed by atoms with E-state index < -0.39 is 11.7 Å². The van der Waals surface area contributed by atoms with Crippen molar-refractivity contribution in [1.29, 1.82) is 0 Å². The SMILES string of the molecule is CCC(C)c1ccc(C(F)(F)F)c(Cl)c1. The Balaban J connectivity index is 3.09. The molecule has 0 heterocycles. The minimum atomic E-state index is -4.37. The molecule has 1 unspecified atom stereocenters. The third-order valence-electron chi connectivity index (χ3n) is 2.48. The summed E-state index contributed by atoms with van der Waals surface area (Å²) in [4.78, 5) is 0. The monoisotopic (exact) mass is 236 g/mol. The first kappa shape index (κ1) is 12.4. The van der Waals surface area contributed by atoms with Crippen molar-refractivity contribution in [2.75, 3.05) is 0 Å². The van der Waals surface area contributed by atoms with Gasteiger partial charge in [0.1, 0.15) is 0 Å². The average Bonchev–Trinajstić information content (AvgIpc) is 2.14. The van der Waals surface area contributed by atoms with E-state index >= 15 is 0 Å². The third kappa shape index (κ3) is 2.88. The molecular weight excluding hydrogens is 225 g/mol. The van der Waals surface area contributed by atoms with Gasteiger partial charge in [0.2, 0.25) is 0 Å². The molecule has 0 aliphatic heterocycles. The van der Waals surface area contributed by atoms with E-state index in [2.05, 4.69) is 0 Å². The van der Waals surface area contributed by atoms with E-state index in [1.54, 1.807) is 0 Å². The van der Waals surface area contributed by atoms with Crippen molar-refractivity contribution in [2.24, 2.45) is 0 Å². The molecule has 0 amide bonds. The van der Waals surface area contributed by atoms with Crippen LogP contribution in [0.25, 0.3) is 0 Å². The van der Waals surface area contributed by atoms with E-state index in [0.29, 0.717) is 0 Å². The van der Waals surface area contributed by atoms with E-state index in [9.17, 15) is 13.2 Å². The summed E-state index contributed by atoms with van der Waals surface area (Å²) in [5.41, 5.74) is 0.0757. The molecule has 0 saturated heterocycles. The van der Waals surface area contributed by atoms with Crippen molar-refractivity contribution in [3.8, 4) is 0 Å². The van der Waals surface area contributed by atoms with Gasteiger partial charge in [0.15, 0.2) is 0 Å². The predicted octanol–water partition coefficient (Wildman–Crippen LogP) is 4.87. The number of hydrogen-bond acceptors (Lipinski definition) is 0. The summed E-state index contributed by atoms with van der Waals surface area (Å²) in [7, 11) is 0. The van der Waals surface area contributed by atoms with Gasteiger partial charge in [-0.25, -0.2) is 0 Å². The molecule has 15 heavy (non-hydrogen) atoms. The van der Waals surface area contributed by atoms with Crippen molar-refractivity contribution in [2.45, 2.75) is 32.4 Å². The summed E-state index contributed by atoms with van der Waals surface area (Å²) < 4.78 is 37.1. The highest BCUT2D eigenvalue weighted by Crippen LogP contribution is 2.36. The summed E-state index contributed by atoms with van der Waals surface area (Å²) in [6, 6.07) is 3.94. The summed E-state index contributed by atoms with van der Waals surface area (Å²) >= 11 is 5.60. The lowest BCUT2D eigenvalue weighted by atomic mass is 9.97. The molecule has 0 N–H and O–H groups in total. The maximum absolute atomic E-state index is 12.4. The quantitative estimate of drug-likeness (QED) is 0.687. The van der Waals surface area contributed by atoms with Crippen LogP contribution in [0.15, 0.2) is 18.2 Å². The zero-order valence-corrected chi connectivity index (χ0v) is 9.28. The predicted molar refractivity (Wildman–Crippen MR) is 55.2 cm³/mol. The summed E-state index contributed by atoms with van der Waals surface area (Å²) in [5, 5.41) is -0.222. The molecule has 0 bridgehead atoms. The number of alkyl halides is 3. The van der Waals surface area contributed by atoms with E-state index in [-0.39, 0.29) is 10.9 Å². The number of benzene rings is 1. The molecule has 0 aliphatic carbocycles. The molecule has 0 spiro atoms. The second-order valence-corrected chi connectivity index (χ2v) is 3.95. The van der Waals surface area contributed by atoms with Crippen LogP contribution in [-0.2, 0) is 6.18 Å². The van der Waals surface area contributed by atoms with Crippen LogP contribution in [0.4, 0.5) is 13.2 Å². The Bertz CT molecular complexity index is 344. The van der Waals surface area contributed by atoms with Crippen LogP contribution in [0, 0.1) is 0 Å². The van der Waals surface area contributed by atoms with Gasteiger partial charge >= 0.3 is 6.18 Å². The van der Waals surface area contributed by atoms with Crippen molar-refractivity contribution in [1.82, 2.24) is 0 Å². The molecule has 1 atom stereocenters. The maximum atomic E-state index is 12.4. The van der Waals surface area contributed by atoms with Crippen molar-refractivity contribution in [3.05, 3.63) is 34.3 Å². The van der Waals surface area contributed by atoms with Crippen LogP contribution in [0.5, 0.6) is 0 Å². The average molecular weight is 237 g/mol. The van der Waals surface area contributed by atoms with Crippen LogP contribution in [0.3, 0.4) is 0 Å². The Morgan fingerprint density at radius 2 is 1.93 bits per heavy atom. The Morgan fingerprint density at radius 3 is 2.33 bits per heavy atom. The van der Waals surface area contributed by atoms with Gasteiger partial charge in [0.05, 0.1) is 10.6 Å². The lowest BCUT2D eigenvalue weighted by Crippen LogP contribution is -2.06. The number of rotatable bonds is 2. The number of hydrogen-bond donors (Lipinski definition) is 0. The van der Waals surface area contributed by atoms with Gasteiger partial charge in [-0.3, -0.25) is 0 Å². The molecule has 0 aromatic heterocycles. The molecule has 1 aromatic carbocycles. The summed E-state index contributed by atoms with van der Waals surface area (Å²) in [6.45, 7) is 3.94. The Hall–Kier alpha value is -0.700. The van der Waals surface area contributed by atoms with Crippen molar-refractivity contribution >= 4 is 11.6 Å². The highest BCUT2D eigenvalue weighted by Gasteiger charge is 2.33. The van der Waals surface area contributed by atoms with E-state index in [1.807, 2.05) is 13.8 Å². The molecule has 0 fully saturated rings. The first-order valence-corrected chi connectivity index (χ1v) is 5.10. The molecule has 0 saturated carbocycles. The fourth-order valence-corrected chi connectivity index (χ4v) is 1.60. The standard InChI is InChI=1S/C11H12ClF3/c1-3-7(2)8-4-5-9(10(12)6-8)11(13,14)15/h4-7H,3H2,1-2H3. The molecule has 4 heteroatoms. The largest absolute Gasteiger partial charge is 0.417 e. The smallest absolute Gasteiger partial charge is 0.166 e. The first-order valence-electron chi connectivity index (χ1n) is 4.73. The molecule has 0 radical (unpaired) electrons. The second-order valence-electron chi connectivity index (χ2n) is 3.55. The Kier molecular flexibility index (Phi) is 3.66. The van der Waals surface area contributed by atoms with Crippen LogP contribution in [0.1, 0.15) is 37.3 Å². The molecule has 0 aliphatic rings. The van der Waals surface area contributed by atoms with Gasteiger partial charge in [0, 0.05) is 0 Å². The van der Waals surface area contributed by atoms with Crippen molar-refractivity contribution < 1.29 is 13.2 Å². The number of halogens is 4. The van der Waals surface area contributed by atoms with Crippen molar-refractivity contribution in [3.63, 3.8) is 0 Å².